The fourth-order valence-corrected chi connectivity index (χ4v) is 4.06. The van der Waals surface area contributed by atoms with Crippen LogP contribution in [-0.4, -0.2) is 52.6 Å². The molecular weight excluding hydrogens is 360 g/mol. The van der Waals surface area contributed by atoms with E-state index in [2.05, 4.69) is 26.7 Å². The van der Waals surface area contributed by atoms with Crippen LogP contribution in [0.15, 0.2) is 53.4 Å². The summed E-state index contributed by atoms with van der Waals surface area (Å²) in [5.74, 6) is -1.90. The highest BCUT2D eigenvalue weighted by Crippen LogP contribution is 2.16. The van der Waals surface area contributed by atoms with E-state index in [0.29, 0.717) is 12.6 Å². The van der Waals surface area contributed by atoms with Crippen molar-refractivity contribution in [2.75, 3.05) is 44.2 Å². The molecule has 0 bridgehead atoms. The molecule has 0 saturated carbocycles. The molecule has 2 aromatic rings. The predicted molar refractivity (Wildman–Crippen MR) is 96.6 cm³/mol. The van der Waals surface area contributed by atoms with E-state index >= 15 is 0 Å². The maximum Gasteiger partial charge on any atom is 0.243 e. The minimum atomic E-state index is -3.99. The molecule has 1 fully saturated rings. The highest BCUT2D eigenvalue weighted by Gasteiger charge is 2.21. The number of anilines is 1. The molecule has 1 heterocycles. The largest absolute Gasteiger partial charge is 0.369 e. The minimum absolute atomic E-state index is 0.171. The fraction of sp³-hybridized carbons (Fsp3) is 0.333. The zero-order valence-electron chi connectivity index (χ0n) is 14.2. The molecule has 1 aliphatic rings. The number of para-hydroxylation sites is 1. The Bertz CT molecular complexity index is 839. The third-order valence-electron chi connectivity index (χ3n) is 4.40. The standard InChI is InChI=1S/C18H21F2N3O2S/c19-15-6-7-18(17(20)14-15)26(24,25)21-8-9-22-10-12-23(13-11-22)16-4-2-1-3-5-16/h1-7,14,21H,8-13H2. The Labute approximate surface area is 152 Å². The summed E-state index contributed by atoms with van der Waals surface area (Å²) < 4.78 is 53.2. The van der Waals surface area contributed by atoms with E-state index in [-0.39, 0.29) is 6.54 Å². The summed E-state index contributed by atoms with van der Waals surface area (Å²) in [5.41, 5.74) is 1.18. The maximum absolute atomic E-state index is 13.7. The van der Waals surface area contributed by atoms with Gasteiger partial charge >= 0.3 is 0 Å². The van der Waals surface area contributed by atoms with Crippen molar-refractivity contribution >= 4 is 15.7 Å². The Balaban J connectivity index is 1.48. The van der Waals surface area contributed by atoms with Crippen LogP contribution < -0.4 is 9.62 Å². The number of piperazine rings is 1. The van der Waals surface area contributed by atoms with Crippen LogP contribution in [0.25, 0.3) is 0 Å². The average molecular weight is 381 g/mol. The van der Waals surface area contributed by atoms with Gasteiger partial charge in [0.2, 0.25) is 10.0 Å². The highest BCUT2D eigenvalue weighted by atomic mass is 32.2. The number of hydrogen-bond donors (Lipinski definition) is 1. The second-order valence-electron chi connectivity index (χ2n) is 6.14. The monoisotopic (exact) mass is 381 g/mol. The van der Waals surface area contributed by atoms with Crippen molar-refractivity contribution in [2.45, 2.75) is 4.90 Å². The van der Waals surface area contributed by atoms with E-state index in [1.165, 1.54) is 5.69 Å². The molecule has 0 amide bonds. The van der Waals surface area contributed by atoms with Gasteiger partial charge in [0.25, 0.3) is 0 Å². The van der Waals surface area contributed by atoms with Gasteiger partial charge in [0.1, 0.15) is 16.5 Å². The summed E-state index contributed by atoms with van der Waals surface area (Å²) >= 11 is 0. The topological polar surface area (TPSA) is 52.7 Å². The number of rotatable bonds is 6. The van der Waals surface area contributed by atoms with Gasteiger partial charge in [-0.25, -0.2) is 21.9 Å². The smallest absolute Gasteiger partial charge is 0.243 e. The first-order chi connectivity index (χ1) is 12.5. The lowest BCUT2D eigenvalue weighted by atomic mass is 10.2. The van der Waals surface area contributed by atoms with Crippen molar-refractivity contribution in [3.63, 3.8) is 0 Å². The fourth-order valence-electron chi connectivity index (χ4n) is 2.98. The number of halogens is 2. The van der Waals surface area contributed by atoms with Crippen LogP contribution in [0.1, 0.15) is 0 Å². The van der Waals surface area contributed by atoms with E-state index in [1.807, 2.05) is 18.2 Å². The summed E-state index contributed by atoms with van der Waals surface area (Å²) in [5, 5.41) is 0. The van der Waals surface area contributed by atoms with Crippen LogP contribution in [0.4, 0.5) is 14.5 Å². The first-order valence-electron chi connectivity index (χ1n) is 8.43. The molecule has 8 heteroatoms. The van der Waals surface area contributed by atoms with Gasteiger partial charge in [-0.1, -0.05) is 18.2 Å². The molecule has 3 rings (SSSR count). The normalized spacial score (nSPS) is 16.0. The van der Waals surface area contributed by atoms with Gasteiger partial charge in [-0.05, 0) is 24.3 Å². The second-order valence-corrected chi connectivity index (χ2v) is 7.87. The zero-order chi connectivity index (χ0) is 18.6. The molecule has 1 aliphatic heterocycles. The Morgan fingerprint density at radius 3 is 2.31 bits per heavy atom. The highest BCUT2D eigenvalue weighted by molar-refractivity contribution is 7.89. The molecule has 1 saturated heterocycles. The van der Waals surface area contributed by atoms with Crippen molar-refractivity contribution in [1.29, 1.82) is 0 Å². The van der Waals surface area contributed by atoms with E-state index in [9.17, 15) is 17.2 Å². The Morgan fingerprint density at radius 1 is 0.962 bits per heavy atom. The quantitative estimate of drug-likeness (QED) is 0.832. The van der Waals surface area contributed by atoms with Gasteiger partial charge in [-0.3, -0.25) is 4.90 Å². The number of nitrogens with zero attached hydrogens (tertiary/aromatic N) is 2. The molecule has 0 spiro atoms. The van der Waals surface area contributed by atoms with Gasteiger partial charge in [0.15, 0.2) is 0 Å². The second kappa shape index (κ2) is 8.11. The van der Waals surface area contributed by atoms with Crippen molar-refractivity contribution in [3.05, 3.63) is 60.2 Å². The third kappa shape index (κ3) is 4.57. The first-order valence-corrected chi connectivity index (χ1v) is 9.91. The van der Waals surface area contributed by atoms with E-state index < -0.39 is 26.6 Å². The van der Waals surface area contributed by atoms with Crippen LogP contribution in [0.5, 0.6) is 0 Å². The molecule has 5 nitrogen and oxygen atoms in total. The lowest BCUT2D eigenvalue weighted by Crippen LogP contribution is -2.48. The lowest BCUT2D eigenvalue weighted by molar-refractivity contribution is 0.262. The van der Waals surface area contributed by atoms with Gasteiger partial charge in [-0.2, -0.15) is 0 Å². The number of benzene rings is 2. The Morgan fingerprint density at radius 2 is 1.65 bits per heavy atom. The van der Waals surface area contributed by atoms with Crippen LogP contribution in [0.3, 0.4) is 0 Å². The average Bonchev–Trinajstić information content (AvgIpc) is 2.62. The molecule has 1 N–H and O–H groups in total. The Hall–Kier alpha value is -2.03. The van der Waals surface area contributed by atoms with Gasteiger partial charge in [0.05, 0.1) is 0 Å². The number of nitrogens with one attached hydrogen (secondary N) is 1. The Kier molecular flexibility index (Phi) is 5.85. The molecule has 0 radical (unpaired) electrons. The molecule has 26 heavy (non-hydrogen) atoms. The summed E-state index contributed by atoms with van der Waals surface area (Å²) in [6.45, 7) is 4.07. The van der Waals surface area contributed by atoms with Gasteiger partial charge in [-0.15, -0.1) is 0 Å². The number of hydrogen-bond acceptors (Lipinski definition) is 4. The zero-order valence-corrected chi connectivity index (χ0v) is 15.1. The van der Waals surface area contributed by atoms with Crippen LogP contribution in [-0.2, 0) is 10.0 Å². The summed E-state index contributed by atoms with van der Waals surface area (Å²) in [4.78, 5) is 3.91. The summed E-state index contributed by atoms with van der Waals surface area (Å²) in [7, 11) is -3.99. The van der Waals surface area contributed by atoms with Crippen molar-refractivity contribution in [1.82, 2.24) is 9.62 Å². The maximum atomic E-state index is 13.7. The van der Waals surface area contributed by atoms with E-state index in [4.69, 9.17) is 0 Å². The van der Waals surface area contributed by atoms with Crippen LogP contribution in [0.2, 0.25) is 0 Å². The van der Waals surface area contributed by atoms with Crippen LogP contribution >= 0.6 is 0 Å². The summed E-state index contributed by atoms with van der Waals surface area (Å²) in [6, 6.07) is 12.6. The van der Waals surface area contributed by atoms with Crippen molar-refractivity contribution in [3.8, 4) is 0 Å². The molecule has 0 aliphatic carbocycles. The SMILES string of the molecule is O=S(=O)(NCCN1CCN(c2ccccc2)CC1)c1ccc(F)cc1F. The van der Waals surface area contributed by atoms with Gasteiger partial charge in [0, 0.05) is 51.0 Å². The minimum Gasteiger partial charge on any atom is -0.369 e. The molecular formula is C18H21F2N3O2S. The predicted octanol–water partition coefficient (Wildman–Crippen LogP) is 2.07. The first kappa shape index (κ1) is 18.8. The molecule has 0 unspecified atom stereocenters. The molecule has 140 valence electrons. The van der Waals surface area contributed by atoms with E-state index in [0.717, 1.165) is 38.3 Å². The van der Waals surface area contributed by atoms with Crippen molar-refractivity contribution < 1.29 is 17.2 Å². The molecule has 0 atom stereocenters. The van der Waals surface area contributed by atoms with E-state index in [1.54, 1.807) is 0 Å². The van der Waals surface area contributed by atoms with Gasteiger partial charge < -0.3 is 4.90 Å². The summed E-state index contributed by atoms with van der Waals surface area (Å²) in [6.07, 6.45) is 0. The van der Waals surface area contributed by atoms with Crippen LogP contribution in [0, 0.1) is 11.6 Å². The molecule has 0 aromatic heterocycles. The lowest BCUT2D eigenvalue weighted by Gasteiger charge is -2.36. The third-order valence-corrected chi connectivity index (χ3v) is 5.89. The molecule has 2 aromatic carbocycles. The van der Waals surface area contributed by atoms with Crippen molar-refractivity contribution in [2.24, 2.45) is 0 Å². The number of sulfonamides is 1.